The third kappa shape index (κ3) is 4.37. The number of hydrogen-bond acceptors (Lipinski definition) is 7. The van der Waals surface area contributed by atoms with Crippen LogP contribution in [-0.2, 0) is 14.8 Å². The second kappa shape index (κ2) is 8.67. The van der Waals surface area contributed by atoms with Gasteiger partial charge in [0.05, 0.1) is 16.0 Å². The van der Waals surface area contributed by atoms with Crippen molar-refractivity contribution in [2.45, 2.75) is 31.7 Å². The number of rotatable bonds is 6. The third-order valence-electron chi connectivity index (χ3n) is 5.23. The number of imide groups is 1. The number of sulfonamides is 1. The van der Waals surface area contributed by atoms with Crippen molar-refractivity contribution in [3.8, 4) is 0 Å². The summed E-state index contributed by atoms with van der Waals surface area (Å²) in [6.07, 6.45) is 0. The number of aromatic nitrogens is 2. The Morgan fingerprint density at radius 1 is 0.912 bits per heavy atom. The molecule has 0 spiro atoms. The number of benzene rings is 2. The predicted octanol–water partition coefficient (Wildman–Crippen LogP) is 2.52. The lowest BCUT2D eigenvalue weighted by Crippen LogP contribution is -2.45. The first-order valence-corrected chi connectivity index (χ1v) is 11.8. The van der Waals surface area contributed by atoms with Crippen LogP contribution >= 0.6 is 0 Å². The first-order chi connectivity index (χ1) is 16.1. The molecule has 1 aliphatic rings. The lowest BCUT2D eigenvalue weighted by molar-refractivity contribution is -0.119. The highest BCUT2D eigenvalue weighted by atomic mass is 32.2. The van der Waals surface area contributed by atoms with Crippen LogP contribution in [0.3, 0.4) is 0 Å². The van der Waals surface area contributed by atoms with Gasteiger partial charge in [-0.1, -0.05) is 12.1 Å². The molecular formula is C23H21N5O5S. The lowest BCUT2D eigenvalue weighted by atomic mass is 10.1. The minimum absolute atomic E-state index is 0.0374. The van der Waals surface area contributed by atoms with E-state index in [1.807, 2.05) is 0 Å². The molecule has 34 heavy (non-hydrogen) atoms. The Kier molecular flexibility index (Phi) is 5.88. The van der Waals surface area contributed by atoms with Gasteiger partial charge in [-0.2, -0.15) is 0 Å². The Bertz CT molecular complexity index is 1360. The molecule has 1 atom stereocenters. The molecule has 1 unspecified atom stereocenters. The highest BCUT2D eigenvalue weighted by Crippen LogP contribution is 2.25. The van der Waals surface area contributed by atoms with E-state index in [4.69, 9.17) is 0 Å². The standard InChI is InChI=1S/C23H21N5O5S/c1-13-12-14(2)25-23(24-13)27-34(32,33)17-10-8-16(9-11-17)26-20(29)15(3)28-21(30)18-6-4-5-7-19(18)22(28)31/h4-12,15H,1-3H3,(H,26,29)(H,24,25,27). The van der Waals surface area contributed by atoms with Crippen molar-refractivity contribution in [3.63, 3.8) is 0 Å². The van der Waals surface area contributed by atoms with E-state index in [1.54, 1.807) is 32.0 Å². The first-order valence-electron chi connectivity index (χ1n) is 10.3. The van der Waals surface area contributed by atoms with Gasteiger partial charge >= 0.3 is 0 Å². The van der Waals surface area contributed by atoms with Crippen molar-refractivity contribution >= 4 is 39.4 Å². The molecule has 0 aliphatic carbocycles. The zero-order valence-electron chi connectivity index (χ0n) is 18.6. The van der Waals surface area contributed by atoms with E-state index >= 15 is 0 Å². The number of nitrogens with one attached hydrogen (secondary N) is 2. The van der Waals surface area contributed by atoms with Crippen molar-refractivity contribution in [2.24, 2.45) is 0 Å². The molecule has 2 aromatic carbocycles. The van der Waals surface area contributed by atoms with Crippen LogP contribution in [0.5, 0.6) is 0 Å². The number of anilines is 2. The molecule has 2 heterocycles. The Hall–Kier alpha value is -4.12. The fraction of sp³-hybridized carbons (Fsp3) is 0.174. The number of nitrogens with zero attached hydrogens (tertiary/aromatic N) is 3. The normalized spacial score (nSPS) is 14.0. The van der Waals surface area contributed by atoms with E-state index in [-0.39, 0.29) is 22.0 Å². The zero-order valence-corrected chi connectivity index (χ0v) is 19.4. The summed E-state index contributed by atoms with van der Waals surface area (Å²) in [4.78, 5) is 46.9. The van der Waals surface area contributed by atoms with Crippen molar-refractivity contribution < 1.29 is 22.8 Å². The van der Waals surface area contributed by atoms with Crippen molar-refractivity contribution in [1.82, 2.24) is 14.9 Å². The summed E-state index contributed by atoms with van der Waals surface area (Å²) >= 11 is 0. The molecule has 11 heteroatoms. The van der Waals surface area contributed by atoms with E-state index in [2.05, 4.69) is 20.0 Å². The molecule has 0 radical (unpaired) electrons. The molecule has 3 aromatic rings. The molecule has 0 fully saturated rings. The maximum atomic E-state index is 12.7. The lowest BCUT2D eigenvalue weighted by Gasteiger charge is -2.21. The molecular weight excluding hydrogens is 458 g/mol. The third-order valence-corrected chi connectivity index (χ3v) is 6.58. The minimum atomic E-state index is -3.95. The van der Waals surface area contributed by atoms with Crippen LogP contribution < -0.4 is 10.0 Å². The van der Waals surface area contributed by atoms with Gasteiger partial charge in [-0.25, -0.2) is 23.1 Å². The largest absolute Gasteiger partial charge is 0.324 e. The van der Waals surface area contributed by atoms with Gasteiger partial charge in [0.25, 0.3) is 21.8 Å². The van der Waals surface area contributed by atoms with Gasteiger partial charge < -0.3 is 5.32 Å². The quantitative estimate of drug-likeness (QED) is 0.518. The van der Waals surface area contributed by atoms with Crippen LogP contribution in [0.25, 0.3) is 0 Å². The van der Waals surface area contributed by atoms with Gasteiger partial charge in [0.2, 0.25) is 11.9 Å². The summed E-state index contributed by atoms with van der Waals surface area (Å²) < 4.78 is 27.7. The molecule has 174 valence electrons. The van der Waals surface area contributed by atoms with E-state index in [0.29, 0.717) is 17.1 Å². The summed E-state index contributed by atoms with van der Waals surface area (Å²) in [5.74, 6) is -1.70. The topological polar surface area (TPSA) is 138 Å². The zero-order chi connectivity index (χ0) is 24.6. The molecule has 2 N–H and O–H groups in total. The maximum absolute atomic E-state index is 12.7. The molecule has 0 bridgehead atoms. The second-order valence-corrected chi connectivity index (χ2v) is 9.48. The van der Waals surface area contributed by atoms with E-state index in [0.717, 1.165) is 4.90 Å². The average Bonchev–Trinajstić information content (AvgIpc) is 3.03. The molecule has 4 rings (SSSR count). The Labute approximate surface area is 196 Å². The van der Waals surface area contributed by atoms with E-state index in [1.165, 1.54) is 43.3 Å². The summed E-state index contributed by atoms with van der Waals surface area (Å²) in [6.45, 7) is 4.91. The van der Waals surface area contributed by atoms with Crippen LogP contribution in [0.15, 0.2) is 59.5 Å². The fourth-order valence-electron chi connectivity index (χ4n) is 3.59. The minimum Gasteiger partial charge on any atom is -0.324 e. The Morgan fingerprint density at radius 2 is 1.44 bits per heavy atom. The monoisotopic (exact) mass is 479 g/mol. The van der Waals surface area contributed by atoms with Gasteiger partial charge in [0.15, 0.2) is 0 Å². The van der Waals surface area contributed by atoms with Crippen molar-refractivity contribution in [3.05, 3.63) is 77.1 Å². The van der Waals surface area contributed by atoms with Crippen molar-refractivity contribution in [1.29, 1.82) is 0 Å². The highest BCUT2D eigenvalue weighted by Gasteiger charge is 2.40. The first kappa shape index (κ1) is 23.1. The molecule has 1 aliphatic heterocycles. The van der Waals surface area contributed by atoms with Crippen molar-refractivity contribution in [2.75, 3.05) is 10.0 Å². The Morgan fingerprint density at radius 3 is 1.97 bits per heavy atom. The SMILES string of the molecule is Cc1cc(C)nc(NS(=O)(=O)c2ccc(NC(=O)C(C)N3C(=O)c4ccccc4C3=O)cc2)n1. The number of amides is 3. The average molecular weight is 480 g/mol. The number of carbonyl (C=O) groups is 3. The van der Waals surface area contributed by atoms with Crippen LogP contribution in [0, 0.1) is 13.8 Å². The van der Waals surface area contributed by atoms with E-state index in [9.17, 15) is 22.8 Å². The summed E-state index contributed by atoms with van der Waals surface area (Å²) in [6, 6.07) is 12.5. The van der Waals surface area contributed by atoms with E-state index < -0.39 is 33.8 Å². The summed E-state index contributed by atoms with van der Waals surface area (Å²) in [5, 5.41) is 2.60. The van der Waals surface area contributed by atoms with Crippen LogP contribution in [0.1, 0.15) is 39.0 Å². The molecule has 1 aromatic heterocycles. The molecule has 3 amide bonds. The van der Waals surface area contributed by atoms with Gasteiger partial charge in [-0.05, 0) is 63.2 Å². The van der Waals surface area contributed by atoms with Gasteiger partial charge in [0, 0.05) is 17.1 Å². The second-order valence-electron chi connectivity index (χ2n) is 7.80. The van der Waals surface area contributed by atoms with Gasteiger partial charge in [0.1, 0.15) is 6.04 Å². The number of aryl methyl sites for hydroxylation is 2. The maximum Gasteiger partial charge on any atom is 0.264 e. The van der Waals surface area contributed by atoms with Crippen LogP contribution in [-0.4, -0.2) is 47.0 Å². The Balaban J connectivity index is 1.46. The number of hydrogen-bond donors (Lipinski definition) is 2. The van der Waals surface area contributed by atoms with Crippen LogP contribution in [0.2, 0.25) is 0 Å². The van der Waals surface area contributed by atoms with Gasteiger partial charge in [-0.3, -0.25) is 19.3 Å². The summed E-state index contributed by atoms with van der Waals surface area (Å²) in [7, 11) is -3.95. The molecule has 10 nitrogen and oxygen atoms in total. The van der Waals surface area contributed by atoms with Gasteiger partial charge in [-0.15, -0.1) is 0 Å². The molecule has 0 saturated heterocycles. The van der Waals surface area contributed by atoms with Crippen LogP contribution in [0.4, 0.5) is 11.6 Å². The molecule has 0 saturated carbocycles. The highest BCUT2D eigenvalue weighted by molar-refractivity contribution is 7.92. The number of fused-ring (bicyclic) bond motifs is 1. The smallest absolute Gasteiger partial charge is 0.264 e. The fourth-order valence-corrected chi connectivity index (χ4v) is 4.54. The predicted molar refractivity (Wildman–Crippen MR) is 124 cm³/mol. The summed E-state index contributed by atoms with van der Waals surface area (Å²) in [5.41, 5.74) is 2.05. The number of carbonyl (C=O) groups excluding carboxylic acids is 3.